The predicted octanol–water partition coefficient (Wildman–Crippen LogP) is 3.44. The highest BCUT2D eigenvalue weighted by Gasteiger charge is 2.19. The number of anilines is 1. The van der Waals surface area contributed by atoms with E-state index in [0.717, 1.165) is 24.2 Å². The Labute approximate surface area is 135 Å². The maximum absolute atomic E-state index is 12.3. The standard InChI is InChI=1S/C18H20N4O/c19-13-15-8-6-14(7-9-15)12-18(23)21-17-10-11-20-22(17)16-4-2-1-3-5-16/h6-11,16H,1-5,12H2,(H,21,23). The molecule has 0 aliphatic heterocycles. The van der Waals surface area contributed by atoms with Crippen molar-refractivity contribution in [3.63, 3.8) is 0 Å². The third kappa shape index (κ3) is 3.78. The first-order valence-electron chi connectivity index (χ1n) is 8.08. The zero-order chi connectivity index (χ0) is 16.1. The lowest BCUT2D eigenvalue weighted by atomic mass is 9.96. The van der Waals surface area contributed by atoms with Crippen LogP contribution in [0.1, 0.15) is 49.3 Å². The summed E-state index contributed by atoms with van der Waals surface area (Å²) in [5.74, 6) is 0.711. The summed E-state index contributed by atoms with van der Waals surface area (Å²) in [7, 11) is 0. The Bertz CT molecular complexity index is 705. The van der Waals surface area contributed by atoms with Crippen molar-refractivity contribution in [2.45, 2.75) is 44.6 Å². The molecule has 5 heteroatoms. The highest BCUT2D eigenvalue weighted by Crippen LogP contribution is 2.29. The normalized spacial score (nSPS) is 15.1. The lowest BCUT2D eigenvalue weighted by molar-refractivity contribution is -0.115. The minimum absolute atomic E-state index is 0.0627. The predicted molar refractivity (Wildman–Crippen MR) is 87.8 cm³/mol. The minimum Gasteiger partial charge on any atom is -0.311 e. The van der Waals surface area contributed by atoms with E-state index >= 15 is 0 Å². The quantitative estimate of drug-likeness (QED) is 0.940. The molecule has 1 aromatic heterocycles. The molecule has 0 bridgehead atoms. The minimum atomic E-state index is -0.0627. The second-order valence-electron chi connectivity index (χ2n) is 5.99. The summed E-state index contributed by atoms with van der Waals surface area (Å²) in [6.45, 7) is 0. The van der Waals surface area contributed by atoms with Crippen LogP contribution in [0.3, 0.4) is 0 Å². The van der Waals surface area contributed by atoms with Crippen molar-refractivity contribution in [3.8, 4) is 6.07 Å². The highest BCUT2D eigenvalue weighted by molar-refractivity contribution is 5.91. The van der Waals surface area contributed by atoms with E-state index in [1.807, 2.05) is 22.9 Å². The van der Waals surface area contributed by atoms with E-state index < -0.39 is 0 Å². The van der Waals surface area contributed by atoms with Crippen molar-refractivity contribution in [2.75, 3.05) is 5.32 Å². The van der Waals surface area contributed by atoms with Crippen LogP contribution in [0, 0.1) is 11.3 Å². The topological polar surface area (TPSA) is 70.7 Å². The average molecular weight is 308 g/mol. The number of nitrogens with zero attached hydrogens (tertiary/aromatic N) is 3. The lowest BCUT2D eigenvalue weighted by Crippen LogP contribution is -2.21. The Balaban J connectivity index is 1.63. The van der Waals surface area contributed by atoms with Crippen LogP contribution < -0.4 is 5.32 Å². The maximum atomic E-state index is 12.3. The average Bonchev–Trinajstić information content (AvgIpc) is 3.04. The Morgan fingerprint density at radius 3 is 2.65 bits per heavy atom. The molecule has 23 heavy (non-hydrogen) atoms. The molecule has 1 N–H and O–H groups in total. The van der Waals surface area contributed by atoms with Crippen LogP contribution in [0.4, 0.5) is 5.82 Å². The lowest BCUT2D eigenvalue weighted by Gasteiger charge is -2.23. The summed E-state index contributed by atoms with van der Waals surface area (Å²) in [5, 5.41) is 16.1. The molecule has 1 aliphatic carbocycles. The number of nitrogens with one attached hydrogen (secondary N) is 1. The summed E-state index contributed by atoms with van der Waals surface area (Å²) in [5.41, 5.74) is 1.50. The number of benzene rings is 1. The third-order valence-electron chi connectivity index (χ3n) is 4.31. The molecule has 0 saturated heterocycles. The van der Waals surface area contributed by atoms with E-state index in [1.165, 1.54) is 19.3 Å². The second kappa shape index (κ2) is 7.10. The number of hydrogen-bond donors (Lipinski definition) is 1. The fraction of sp³-hybridized carbons (Fsp3) is 0.389. The van der Waals surface area contributed by atoms with Gasteiger partial charge in [0.15, 0.2) is 0 Å². The molecule has 1 heterocycles. The van der Waals surface area contributed by atoms with Gasteiger partial charge in [0, 0.05) is 6.07 Å². The largest absolute Gasteiger partial charge is 0.311 e. The number of hydrogen-bond acceptors (Lipinski definition) is 3. The number of nitriles is 1. The van der Waals surface area contributed by atoms with Gasteiger partial charge in [0.05, 0.1) is 30.3 Å². The van der Waals surface area contributed by atoms with Crippen LogP contribution >= 0.6 is 0 Å². The van der Waals surface area contributed by atoms with Crippen LogP contribution in [0.5, 0.6) is 0 Å². The van der Waals surface area contributed by atoms with Gasteiger partial charge in [-0.15, -0.1) is 0 Å². The molecule has 1 fully saturated rings. The van der Waals surface area contributed by atoms with Crippen molar-refractivity contribution < 1.29 is 4.79 Å². The first kappa shape index (κ1) is 15.3. The zero-order valence-electron chi connectivity index (χ0n) is 13.0. The zero-order valence-corrected chi connectivity index (χ0v) is 13.0. The summed E-state index contributed by atoms with van der Waals surface area (Å²) >= 11 is 0. The second-order valence-corrected chi connectivity index (χ2v) is 5.99. The molecule has 0 spiro atoms. The van der Waals surface area contributed by atoms with Gasteiger partial charge >= 0.3 is 0 Å². The molecular formula is C18H20N4O. The van der Waals surface area contributed by atoms with Crippen molar-refractivity contribution in [2.24, 2.45) is 0 Å². The number of carbonyl (C=O) groups is 1. The number of carbonyl (C=O) groups excluding carboxylic acids is 1. The van der Waals surface area contributed by atoms with Gasteiger partial charge in [-0.1, -0.05) is 31.4 Å². The van der Waals surface area contributed by atoms with Crippen molar-refractivity contribution in [3.05, 3.63) is 47.7 Å². The molecule has 1 amide bonds. The SMILES string of the molecule is N#Cc1ccc(CC(=O)Nc2ccnn2C2CCCCC2)cc1. The van der Waals surface area contributed by atoms with Crippen molar-refractivity contribution >= 4 is 11.7 Å². The van der Waals surface area contributed by atoms with Crippen LogP contribution in [0.25, 0.3) is 0 Å². The fourth-order valence-corrected chi connectivity index (χ4v) is 3.10. The van der Waals surface area contributed by atoms with Gasteiger partial charge in [0.25, 0.3) is 0 Å². The van der Waals surface area contributed by atoms with Crippen LogP contribution in [0.2, 0.25) is 0 Å². The van der Waals surface area contributed by atoms with Gasteiger partial charge in [0.1, 0.15) is 5.82 Å². The van der Waals surface area contributed by atoms with E-state index in [4.69, 9.17) is 5.26 Å². The van der Waals surface area contributed by atoms with E-state index in [2.05, 4.69) is 16.5 Å². The molecule has 0 unspecified atom stereocenters. The van der Waals surface area contributed by atoms with Crippen LogP contribution in [-0.4, -0.2) is 15.7 Å². The van der Waals surface area contributed by atoms with E-state index in [0.29, 0.717) is 18.0 Å². The fourth-order valence-electron chi connectivity index (χ4n) is 3.10. The van der Waals surface area contributed by atoms with Gasteiger partial charge in [0.2, 0.25) is 5.91 Å². The number of aromatic nitrogens is 2. The van der Waals surface area contributed by atoms with Crippen LogP contribution in [0.15, 0.2) is 36.5 Å². The van der Waals surface area contributed by atoms with E-state index in [-0.39, 0.29) is 5.91 Å². The summed E-state index contributed by atoms with van der Waals surface area (Å²) < 4.78 is 1.95. The Kier molecular flexibility index (Phi) is 4.72. The Morgan fingerprint density at radius 1 is 1.22 bits per heavy atom. The van der Waals surface area contributed by atoms with Gasteiger partial charge in [-0.2, -0.15) is 10.4 Å². The maximum Gasteiger partial charge on any atom is 0.229 e. The van der Waals surface area contributed by atoms with Gasteiger partial charge < -0.3 is 5.32 Å². The van der Waals surface area contributed by atoms with Crippen molar-refractivity contribution in [1.82, 2.24) is 9.78 Å². The smallest absolute Gasteiger partial charge is 0.229 e. The van der Waals surface area contributed by atoms with E-state index in [1.54, 1.807) is 18.3 Å². The molecule has 1 aliphatic rings. The first-order valence-corrected chi connectivity index (χ1v) is 8.08. The molecule has 3 rings (SSSR count). The van der Waals surface area contributed by atoms with Crippen LogP contribution in [-0.2, 0) is 11.2 Å². The third-order valence-corrected chi connectivity index (χ3v) is 4.31. The Hall–Kier alpha value is -2.61. The van der Waals surface area contributed by atoms with E-state index in [9.17, 15) is 4.79 Å². The molecule has 1 aromatic carbocycles. The number of amides is 1. The molecule has 118 valence electrons. The summed E-state index contributed by atoms with van der Waals surface area (Å²) in [4.78, 5) is 12.3. The molecule has 0 atom stereocenters. The molecule has 5 nitrogen and oxygen atoms in total. The van der Waals surface area contributed by atoms with Gasteiger partial charge in [-0.3, -0.25) is 4.79 Å². The first-order chi connectivity index (χ1) is 11.3. The molecule has 2 aromatic rings. The monoisotopic (exact) mass is 308 g/mol. The highest BCUT2D eigenvalue weighted by atomic mass is 16.1. The summed E-state index contributed by atoms with van der Waals surface area (Å²) in [6.07, 6.45) is 8.03. The molecule has 1 saturated carbocycles. The molecule has 0 radical (unpaired) electrons. The summed E-state index contributed by atoms with van der Waals surface area (Å²) in [6, 6.07) is 11.4. The Morgan fingerprint density at radius 2 is 1.96 bits per heavy atom. The van der Waals surface area contributed by atoms with Gasteiger partial charge in [-0.05, 0) is 30.5 Å². The molecular weight excluding hydrogens is 288 g/mol. The number of rotatable bonds is 4. The van der Waals surface area contributed by atoms with Gasteiger partial charge in [-0.25, -0.2) is 4.68 Å². The van der Waals surface area contributed by atoms with Crippen molar-refractivity contribution in [1.29, 1.82) is 5.26 Å².